The van der Waals surface area contributed by atoms with E-state index < -0.39 is 23.8 Å². The lowest BCUT2D eigenvalue weighted by Crippen LogP contribution is -2.40. The molecule has 1 aromatic carbocycles. The highest BCUT2D eigenvalue weighted by molar-refractivity contribution is 5.86. The standard InChI is InChI=1S/C15H16F3N3O2/c1-15(2,12-7-19-8-21-12)13(22)20-6-9-10(16)4-3-5-11(9)23-14(17)18/h3-5,7-8,14H,6H2,1-2H3,(H,19,21)(H,20,22). The van der Waals surface area contributed by atoms with Crippen molar-refractivity contribution in [2.24, 2.45) is 0 Å². The molecular formula is C15H16F3N3O2. The minimum Gasteiger partial charge on any atom is -0.434 e. The molecule has 23 heavy (non-hydrogen) atoms. The van der Waals surface area contributed by atoms with Crippen molar-refractivity contribution in [3.05, 3.63) is 47.8 Å². The Hall–Kier alpha value is -2.51. The maximum atomic E-state index is 13.8. The molecule has 1 aromatic heterocycles. The average Bonchev–Trinajstić information content (AvgIpc) is 3.00. The van der Waals surface area contributed by atoms with Crippen molar-refractivity contribution < 1.29 is 22.7 Å². The van der Waals surface area contributed by atoms with Gasteiger partial charge in [0.2, 0.25) is 5.91 Å². The lowest BCUT2D eigenvalue weighted by molar-refractivity contribution is -0.125. The molecule has 0 unspecified atom stereocenters. The first-order valence-electron chi connectivity index (χ1n) is 6.81. The van der Waals surface area contributed by atoms with Crippen LogP contribution in [0.3, 0.4) is 0 Å². The molecule has 0 saturated heterocycles. The van der Waals surface area contributed by atoms with E-state index in [4.69, 9.17) is 0 Å². The second-order valence-corrected chi connectivity index (χ2v) is 5.37. The number of hydrogen-bond donors (Lipinski definition) is 2. The van der Waals surface area contributed by atoms with Gasteiger partial charge in [-0.1, -0.05) is 6.07 Å². The van der Waals surface area contributed by atoms with Gasteiger partial charge < -0.3 is 15.0 Å². The van der Waals surface area contributed by atoms with Crippen LogP contribution in [0.4, 0.5) is 13.2 Å². The summed E-state index contributed by atoms with van der Waals surface area (Å²) < 4.78 is 42.8. The number of amides is 1. The molecule has 0 bridgehead atoms. The zero-order chi connectivity index (χ0) is 17.0. The number of benzene rings is 1. The van der Waals surface area contributed by atoms with Gasteiger partial charge in [-0.05, 0) is 26.0 Å². The van der Waals surface area contributed by atoms with Crippen LogP contribution in [-0.2, 0) is 16.8 Å². The number of alkyl halides is 2. The summed E-state index contributed by atoms with van der Waals surface area (Å²) in [5, 5.41) is 2.53. The van der Waals surface area contributed by atoms with Gasteiger partial charge in [-0.25, -0.2) is 9.37 Å². The van der Waals surface area contributed by atoms with Gasteiger partial charge in [-0.15, -0.1) is 0 Å². The molecule has 2 aromatic rings. The van der Waals surface area contributed by atoms with Crippen molar-refractivity contribution in [3.63, 3.8) is 0 Å². The summed E-state index contributed by atoms with van der Waals surface area (Å²) in [6.07, 6.45) is 2.95. The Morgan fingerprint density at radius 3 is 2.78 bits per heavy atom. The summed E-state index contributed by atoms with van der Waals surface area (Å²) in [7, 11) is 0. The molecule has 1 heterocycles. The summed E-state index contributed by atoms with van der Waals surface area (Å²) >= 11 is 0. The van der Waals surface area contributed by atoms with Crippen LogP contribution in [0.25, 0.3) is 0 Å². The molecular weight excluding hydrogens is 311 g/mol. The second kappa shape index (κ2) is 6.72. The summed E-state index contributed by atoms with van der Waals surface area (Å²) in [6.45, 7) is -0.0279. The third kappa shape index (κ3) is 3.82. The normalized spacial score (nSPS) is 11.6. The van der Waals surface area contributed by atoms with Crippen molar-refractivity contribution in [3.8, 4) is 5.75 Å². The Balaban J connectivity index is 2.13. The summed E-state index contributed by atoms with van der Waals surface area (Å²) in [4.78, 5) is 19.0. The van der Waals surface area contributed by atoms with Crippen LogP contribution in [0.5, 0.6) is 5.75 Å². The quantitative estimate of drug-likeness (QED) is 0.857. The SMILES string of the molecule is CC(C)(C(=O)NCc1c(F)cccc1OC(F)F)c1cnc[nH]1. The monoisotopic (exact) mass is 327 g/mol. The van der Waals surface area contributed by atoms with Crippen LogP contribution in [0.1, 0.15) is 25.1 Å². The van der Waals surface area contributed by atoms with Gasteiger partial charge in [0, 0.05) is 24.0 Å². The predicted octanol–water partition coefficient (Wildman–Crippen LogP) is 2.74. The molecule has 5 nitrogen and oxygen atoms in total. The number of H-pyrrole nitrogens is 1. The number of imidazole rings is 1. The number of aromatic amines is 1. The Labute approximate surface area is 130 Å². The molecule has 0 aliphatic carbocycles. The first kappa shape index (κ1) is 16.9. The van der Waals surface area contributed by atoms with E-state index in [0.717, 1.165) is 6.07 Å². The number of carbonyl (C=O) groups is 1. The largest absolute Gasteiger partial charge is 0.434 e. The minimum absolute atomic E-state index is 0.137. The van der Waals surface area contributed by atoms with Crippen LogP contribution in [0.2, 0.25) is 0 Å². The Bertz CT molecular complexity index is 673. The number of carbonyl (C=O) groups excluding carboxylic acids is 1. The lowest BCUT2D eigenvalue weighted by Gasteiger charge is -2.22. The number of nitrogens with one attached hydrogen (secondary N) is 2. The molecule has 8 heteroatoms. The molecule has 0 aliphatic rings. The molecule has 2 rings (SSSR count). The highest BCUT2D eigenvalue weighted by Gasteiger charge is 2.31. The molecule has 1 amide bonds. The zero-order valence-corrected chi connectivity index (χ0v) is 12.6. The van der Waals surface area contributed by atoms with Gasteiger partial charge >= 0.3 is 6.61 Å². The maximum Gasteiger partial charge on any atom is 0.387 e. The van der Waals surface area contributed by atoms with E-state index in [9.17, 15) is 18.0 Å². The fourth-order valence-electron chi connectivity index (χ4n) is 2.03. The molecule has 124 valence electrons. The highest BCUT2D eigenvalue weighted by Crippen LogP contribution is 2.25. The average molecular weight is 327 g/mol. The topological polar surface area (TPSA) is 67.0 Å². The fraction of sp³-hybridized carbons (Fsp3) is 0.333. The van der Waals surface area contributed by atoms with E-state index in [1.165, 1.54) is 24.7 Å². The van der Waals surface area contributed by atoms with Crippen LogP contribution >= 0.6 is 0 Å². The molecule has 2 N–H and O–H groups in total. The molecule has 0 radical (unpaired) electrons. The van der Waals surface area contributed by atoms with Crippen LogP contribution in [0.15, 0.2) is 30.7 Å². The van der Waals surface area contributed by atoms with Gasteiger partial charge in [0.05, 0.1) is 11.7 Å². The smallest absolute Gasteiger partial charge is 0.387 e. The van der Waals surface area contributed by atoms with Crippen LogP contribution in [0, 0.1) is 5.82 Å². The van der Waals surface area contributed by atoms with E-state index >= 15 is 0 Å². The highest BCUT2D eigenvalue weighted by atomic mass is 19.3. The number of ether oxygens (including phenoxy) is 1. The number of hydrogen-bond acceptors (Lipinski definition) is 3. The second-order valence-electron chi connectivity index (χ2n) is 5.37. The number of halogens is 3. The number of aromatic nitrogens is 2. The van der Waals surface area contributed by atoms with Crippen LogP contribution < -0.4 is 10.1 Å². The van der Waals surface area contributed by atoms with Crippen molar-refractivity contribution in [1.82, 2.24) is 15.3 Å². The van der Waals surface area contributed by atoms with Gasteiger partial charge in [0.15, 0.2) is 0 Å². The molecule has 0 aliphatic heterocycles. The van der Waals surface area contributed by atoms with E-state index in [0.29, 0.717) is 5.69 Å². The number of rotatable bonds is 6. The van der Waals surface area contributed by atoms with Gasteiger partial charge in [0.25, 0.3) is 0 Å². The van der Waals surface area contributed by atoms with E-state index in [-0.39, 0.29) is 17.9 Å². The fourth-order valence-corrected chi connectivity index (χ4v) is 2.03. The summed E-state index contributed by atoms with van der Waals surface area (Å²) in [5.74, 6) is -1.45. The van der Waals surface area contributed by atoms with Gasteiger partial charge in [0.1, 0.15) is 11.6 Å². The van der Waals surface area contributed by atoms with E-state index in [2.05, 4.69) is 20.0 Å². The molecule has 0 saturated carbocycles. The third-order valence-electron chi connectivity index (χ3n) is 3.46. The number of nitrogens with zero attached hydrogens (tertiary/aromatic N) is 1. The molecule has 0 fully saturated rings. The Kier molecular flexibility index (Phi) is 4.92. The van der Waals surface area contributed by atoms with Crippen molar-refractivity contribution >= 4 is 5.91 Å². The first-order chi connectivity index (χ1) is 10.8. The zero-order valence-electron chi connectivity index (χ0n) is 12.6. The van der Waals surface area contributed by atoms with Gasteiger partial charge in [-0.3, -0.25) is 4.79 Å². The minimum atomic E-state index is -3.08. The van der Waals surface area contributed by atoms with Gasteiger partial charge in [-0.2, -0.15) is 8.78 Å². The van der Waals surface area contributed by atoms with Crippen molar-refractivity contribution in [2.75, 3.05) is 0 Å². The third-order valence-corrected chi connectivity index (χ3v) is 3.46. The maximum absolute atomic E-state index is 13.8. The Morgan fingerprint density at radius 2 is 2.17 bits per heavy atom. The van der Waals surface area contributed by atoms with Crippen LogP contribution in [-0.4, -0.2) is 22.5 Å². The molecule has 0 spiro atoms. The summed E-state index contributed by atoms with van der Waals surface area (Å²) in [6, 6.07) is 3.59. The predicted molar refractivity (Wildman–Crippen MR) is 76.5 cm³/mol. The van der Waals surface area contributed by atoms with E-state index in [1.807, 2.05) is 0 Å². The van der Waals surface area contributed by atoms with E-state index in [1.54, 1.807) is 13.8 Å². The Morgan fingerprint density at radius 1 is 1.43 bits per heavy atom. The first-order valence-corrected chi connectivity index (χ1v) is 6.81. The molecule has 0 atom stereocenters. The van der Waals surface area contributed by atoms with Crippen molar-refractivity contribution in [2.45, 2.75) is 32.4 Å². The lowest BCUT2D eigenvalue weighted by atomic mass is 9.88. The summed E-state index contributed by atoms with van der Waals surface area (Å²) in [5.41, 5.74) is -0.500. The van der Waals surface area contributed by atoms with Crippen molar-refractivity contribution in [1.29, 1.82) is 0 Å².